The number of fused-ring (bicyclic) bond motifs is 1. The summed E-state index contributed by atoms with van der Waals surface area (Å²) >= 11 is 6.34. The minimum absolute atomic E-state index is 0.785. The molecule has 0 bridgehead atoms. The van der Waals surface area contributed by atoms with Crippen LogP contribution in [0.15, 0.2) is 24.4 Å². The topological polar surface area (TPSA) is 21.1 Å². The van der Waals surface area contributed by atoms with Gasteiger partial charge in [-0.1, -0.05) is 24.9 Å². The second kappa shape index (κ2) is 5.51. The summed E-state index contributed by atoms with van der Waals surface area (Å²) in [6, 6.07) is 6.02. The fourth-order valence-electron chi connectivity index (χ4n) is 3.07. The normalized spacial score (nSPS) is 20.4. The van der Waals surface area contributed by atoms with Gasteiger partial charge in [-0.15, -0.1) is 0 Å². The molecule has 3 heterocycles. The van der Waals surface area contributed by atoms with Gasteiger partial charge in [-0.2, -0.15) is 0 Å². The van der Waals surface area contributed by atoms with Crippen LogP contribution in [0.2, 0.25) is 5.15 Å². The van der Waals surface area contributed by atoms with Crippen LogP contribution in [-0.2, 0) is 6.67 Å². The lowest BCUT2D eigenvalue weighted by molar-refractivity contribution is 0.261. The number of hydrogen-bond acceptors (Lipinski definition) is 2. The lowest BCUT2D eigenvalue weighted by Crippen LogP contribution is -2.24. The standard InChI is InChI=1S/C15H20ClN3/c1-2-4-12-6-8-18(10-12)11-19-14(16)9-13-5-3-7-17-15(13)19/h3,5,7,9,12H,2,4,6,8,10-11H2,1H3. The largest absolute Gasteiger partial charge is 0.303 e. The van der Waals surface area contributed by atoms with E-state index in [1.807, 2.05) is 18.3 Å². The third-order valence-electron chi connectivity index (χ3n) is 4.01. The molecule has 0 radical (unpaired) electrons. The molecule has 0 aliphatic carbocycles. The van der Waals surface area contributed by atoms with E-state index in [1.54, 1.807) is 0 Å². The summed E-state index contributed by atoms with van der Waals surface area (Å²) in [5.74, 6) is 0.860. The number of halogens is 1. The smallest absolute Gasteiger partial charge is 0.142 e. The van der Waals surface area contributed by atoms with Crippen LogP contribution in [0.25, 0.3) is 11.0 Å². The van der Waals surface area contributed by atoms with Crippen LogP contribution in [0.3, 0.4) is 0 Å². The molecule has 102 valence electrons. The number of aromatic nitrogens is 2. The van der Waals surface area contributed by atoms with Crippen molar-refractivity contribution in [3.8, 4) is 0 Å². The summed E-state index contributed by atoms with van der Waals surface area (Å²) in [5, 5.41) is 1.91. The van der Waals surface area contributed by atoms with Gasteiger partial charge in [0.25, 0.3) is 0 Å². The Hall–Kier alpha value is -1.06. The molecule has 4 heteroatoms. The van der Waals surface area contributed by atoms with E-state index < -0.39 is 0 Å². The van der Waals surface area contributed by atoms with Crippen LogP contribution in [0.5, 0.6) is 0 Å². The van der Waals surface area contributed by atoms with Gasteiger partial charge in [-0.05, 0) is 37.0 Å². The Morgan fingerprint density at radius 2 is 2.37 bits per heavy atom. The van der Waals surface area contributed by atoms with Crippen molar-refractivity contribution in [2.75, 3.05) is 13.1 Å². The van der Waals surface area contributed by atoms with Crippen molar-refractivity contribution in [2.24, 2.45) is 5.92 Å². The zero-order valence-corrected chi connectivity index (χ0v) is 12.1. The van der Waals surface area contributed by atoms with E-state index in [-0.39, 0.29) is 0 Å². The van der Waals surface area contributed by atoms with Crippen LogP contribution >= 0.6 is 11.6 Å². The Morgan fingerprint density at radius 1 is 1.47 bits per heavy atom. The van der Waals surface area contributed by atoms with Crippen LogP contribution in [0, 0.1) is 5.92 Å². The van der Waals surface area contributed by atoms with Gasteiger partial charge in [0, 0.05) is 24.7 Å². The number of pyridine rings is 1. The minimum Gasteiger partial charge on any atom is -0.303 e. The first-order chi connectivity index (χ1) is 9.28. The average molecular weight is 278 g/mol. The summed E-state index contributed by atoms with van der Waals surface area (Å²) in [4.78, 5) is 6.94. The van der Waals surface area contributed by atoms with E-state index in [2.05, 4.69) is 27.4 Å². The highest BCUT2D eigenvalue weighted by Gasteiger charge is 2.22. The number of rotatable bonds is 4. The van der Waals surface area contributed by atoms with Crippen molar-refractivity contribution in [1.29, 1.82) is 0 Å². The molecule has 0 amide bonds. The van der Waals surface area contributed by atoms with Crippen molar-refractivity contribution >= 4 is 22.6 Å². The molecule has 0 aromatic carbocycles. The predicted octanol–water partition coefficient (Wildman–Crippen LogP) is 3.77. The molecule has 1 atom stereocenters. The summed E-state index contributed by atoms with van der Waals surface area (Å²) in [5.41, 5.74) is 0.992. The van der Waals surface area contributed by atoms with Crippen molar-refractivity contribution in [3.05, 3.63) is 29.5 Å². The Morgan fingerprint density at radius 3 is 3.21 bits per heavy atom. The first-order valence-electron chi connectivity index (χ1n) is 7.10. The molecule has 2 aromatic heterocycles. The molecule has 0 saturated carbocycles. The fraction of sp³-hybridized carbons (Fsp3) is 0.533. The number of nitrogens with zero attached hydrogens (tertiary/aromatic N) is 3. The van der Waals surface area contributed by atoms with E-state index in [4.69, 9.17) is 11.6 Å². The van der Waals surface area contributed by atoms with Crippen LogP contribution in [0.1, 0.15) is 26.2 Å². The number of likely N-dealkylation sites (tertiary alicyclic amines) is 1. The van der Waals surface area contributed by atoms with Crippen LogP contribution < -0.4 is 0 Å². The van der Waals surface area contributed by atoms with Crippen LogP contribution in [0.4, 0.5) is 0 Å². The second-order valence-corrected chi connectivity index (χ2v) is 5.86. The maximum absolute atomic E-state index is 6.34. The van der Waals surface area contributed by atoms with E-state index in [0.29, 0.717) is 0 Å². The third-order valence-corrected chi connectivity index (χ3v) is 4.33. The van der Waals surface area contributed by atoms with Gasteiger partial charge < -0.3 is 4.57 Å². The van der Waals surface area contributed by atoms with E-state index in [0.717, 1.165) is 28.8 Å². The fourth-order valence-corrected chi connectivity index (χ4v) is 3.33. The second-order valence-electron chi connectivity index (χ2n) is 5.47. The summed E-state index contributed by atoms with van der Waals surface area (Å²) in [6.07, 6.45) is 5.78. The van der Waals surface area contributed by atoms with Gasteiger partial charge in [0.15, 0.2) is 0 Å². The molecular weight excluding hydrogens is 258 g/mol. The van der Waals surface area contributed by atoms with Crippen molar-refractivity contribution < 1.29 is 0 Å². The van der Waals surface area contributed by atoms with Gasteiger partial charge in [-0.25, -0.2) is 4.98 Å². The number of hydrogen-bond donors (Lipinski definition) is 0. The summed E-state index contributed by atoms with van der Waals surface area (Å²) < 4.78 is 2.12. The summed E-state index contributed by atoms with van der Waals surface area (Å²) in [7, 11) is 0. The molecule has 3 nitrogen and oxygen atoms in total. The maximum atomic E-state index is 6.34. The lowest BCUT2D eigenvalue weighted by Gasteiger charge is -2.18. The SMILES string of the molecule is CCCC1CCN(Cn2c(Cl)cc3cccnc32)C1. The highest BCUT2D eigenvalue weighted by Crippen LogP contribution is 2.25. The van der Waals surface area contributed by atoms with Gasteiger partial charge in [0.2, 0.25) is 0 Å². The zero-order valence-electron chi connectivity index (χ0n) is 11.3. The molecule has 0 N–H and O–H groups in total. The van der Waals surface area contributed by atoms with Crippen molar-refractivity contribution in [3.63, 3.8) is 0 Å². The Bertz CT molecular complexity index is 564. The Labute approximate surface area is 119 Å². The van der Waals surface area contributed by atoms with Gasteiger partial charge in [-0.3, -0.25) is 4.90 Å². The third kappa shape index (κ3) is 2.63. The maximum Gasteiger partial charge on any atom is 0.142 e. The first-order valence-corrected chi connectivity index (χ1v) is 7.48. The van der Waals surface area contributed by atoms with E-state index in [9.17, 15) is 0 Å². The molecule has 1 aliphatic heterocycles. The Kier molecular flexibility index (Phi) is 3.76. The average Bonchev–Trinajstić information content (AvgIpc) is 2.96. The molecule has 1 aliphatic rings. The van der Waals surface area contributed by atoms with Gasteiger partial charge >= 0.3 is 0 Å². The minimum atomic E-state index is 0.785. The molecule has 1 unspecified atom stereocenters. The molecule has 2 aromatic rings. The molecule has 0 spiro atoms. The zero-order chi connectivity index (χ0) is 13.2. The highest BCUT2D eigenvalue weighted by atomic mass is 35.5. The van der Waals surface area contributed by atoms with Gasteiger partial charge in [0.1, 0.15) is 10.8 Å². The molecule has 19 heavy (non-hydrogen) atoms. The molecular formula is C15H20ClN3. The van der Waals surface area contributed by atoms with Crippen LogP contribution in [-0.4, -0.2) is 27.5 Å². The lowest BCUT2D eigenvalue weighted by atomic mass is 10.0. The molecule has 1 fully saturated rings. The Balaban J connectivity index is 1.77. The first kappa shape index (κ1) is 12.9. The van der Waals surface area contributed by atoms with E-state index in [1.165, 1.54) is 32.4 Å². The van der Waals surface area contributed by atoms with E-state index >= 15 is 0 Å². The molecule has 1 saturated heterocycles. The quantitative estimate of drug-likeness (QED) is 0.848. The van der Waals surface area contributed by atoms with Crippen molar-refractivity contribution in [1.82, 2.24) is 14.5 Å². The summed E-state index contributed by atoms with van der Waals surface area (Å²) in [6.45, 7) is 5.49. The predicted molar refractivity (Wildman–Crippen MR) is 79.3 cm³/mol. The molecule has 3 rings (SSSR count). The van der Waals surface area contributed by atoms with Crippen molar-refractivity contribution in [2.45, 2.75) is 32.9 Å². The highest BCUT2D eigenvalue weighted by molar-refractivity contribution is 6.30. The monoisotopic (exact) mass is 277 g/mol. The van der Waals surface area contributed by atoms with Gasteiger partial charge in [0.05, 0.1) is 6.67 Å².